The zero-order valence-electron chi connectivity index (χ0n) is 10.8. The van der Waals surface area contributed by atoms with Crippen LogP contribution in [0.15, 0.2) is 29.2 Å². The minimum atomic E-state index is -3.60. The Kier molecular flexibility index (Phi) is 7.15. The minimum absolute atomic E-state index is 0.115. The van der Waals surface area contributed by atoms with Gasteiger partial charge in [-0.15, -0.1) is 0 Å². The first-order valence-electron chi connectivity index (χ1n) is 5.90. The predicted octanol–water partition coefficient (Wildman–Crippen LogP) is 3.89. The Labute approximate surface area is 148 Å². The van der Waals surface area contributed by atoms with Gasteiger partial charge < -0.3 is 9.84 Å². The molecule has 0 aromatic heterocycles. The molecule has 1 rings (SSSR count). The molecular formula is C12H13Br3O5S. The van der Waals surface area contributed by atoms with E-state index in [9.17, 15) is 13.2 Å². The average Bonchev–Trinajstić information content (AvgIpc) is 2.37. The maximum atomic E-state index is 12.1. The van der Waals surface area contributed by atoms with Crippen LogP contribution in [0.4, 0.5) is 0 Å². The molecule has 1 N–H and O–H groups in total. The van der Waals surface area contributed by atoms with Gasteiger partial charge in [-0.3, -0.25) is 4.79 Å². The standard InChI is InChI=1S/C12H13Br3O5S/c13-12(14,15)21(18,19)10-6-4-9(5-7-10)20-8-2-1-3-11(16)17/h4-7H,1-3,8H2,(H,16,17). The van der Waals surface area contributed by atoms with Crippen molar-refractivity contribution in [3.05, 3.63) is 24.3 Å². The molecule has 0 atom stereocenters. The maximum Gasteiger partial charge on any atom is 0.303 e. The molecule has 0 aliphatic rings. The number of carboxylic acids is 1. The first-order valence-corrected chi connectivity index (χ1v) is 9.77. The van der Waals surface area contributed by atoms with Gasteiger partial charge in [0.1, 0.15) is 5.75 Å². The molecule has 0 heterocycles. The molecule has 118 valence electrons. The Morgan fingerprint density at radius 3 is 2.19 bits per heavy atom. The SMILES string of the molecule is O=C(O)CCCCOc1ccc(S(=O)(=O)C(Br)(Br)Br)cc1. The minimum Gasteiger partial charge on any atom is -0.494 e. The normalized spacial score (nSPS) is 12.1. The van der Waals surface area contributed by atoms with Gasteiger partial charge in [-0.1, -0.05) is 0 Å². The molecule has 1 aromatic carbocycles. The molecule has 0 saturated heterocycles. The van der Waals surface area contributed by atoms with Crippen molar-refractivity contribution < 1.29 is 23.1 Å². The van der Waals surface area contributed by atoms with Gasteiger partial charge in [0.15, 0.2) is 0 Å². The highest BCUT2D eigenvalue weighted by molar-refractivity contribution is 9.42. The molecule has 0 fully saturated rings. The van der Waals surface area contributed by atoms with E-state index in [1.807, 2.05) is 0 Å². The topological polar surface area (TPSA) is 80.7 Å². The van der Waals surface area contributed by atoms with E-state index in [4.69, 9.17) is 9.84 Å². The van der Waals surface area contributed by atoms with Crippen LogP contribution >= 0.6 is 47.8 Å². The molecule has 5 nitrogen and oxygen atoms in total. The molecule has 0 bridgehead atoms. The number of halogens is 3. The molecular weight excluding hydrogens is 496 g/mol. The lowest BCUT2D eigenvalue weighted by Gasteiger charge is -2.14. The molecule has 0 spiro atoms. The summed E-state index contributed by atoms with van der Waals surface area (Å²) >= 11 is 8.98. The Balaban J connectivity index is 2.57. The van der Waals surface area contributed by atoms with Crippen LogP contribution in [0.5, 0.6) is 5.75 Å². The highest BCUT2D eigenvalue weighted by Crippen LogP contribution is 2.43. The van der Waals surface area contributed by atoms with Crippen LogP contribution in [-0.4, -0.2) is 27.6 Å². The third-order valence-corrected chi connectivity index (χ3v) is 7.83. The lowest BCUT2D eigenvalue weighted by molar-refractivity contribution is -0.137. The number of carbonyl (C=O) groups is 1. The van der Waals surface area contributed by atoms with Crippen molar-refractivity contribution in [1.29, 1.82) is 0 Å². The van der Waals surface area contributed by atoms with E-state index < -0.39 is 17.3 Å². The molecule has 0 radical (unpaired) electrons. The van der Waals surface area contributed by atoms with Crippen LogP contribution in [0.1, 0.15) is 19.3 Å². The summed E-state index contributed by atoms with van der Waals surface area (Å²) in [5.74, 6) is -0.291. The summed E-state index contributed by atoms with van der Waals surface area (Å²) < 4.78 is 28.2. The third kappa shape index (κ3) is 5.88. The third-order valence-electron chi connectivity index (χ3n) is 2.49. The molecule has 0 aliphatic carbocycles. The average molecular weight is 509 g/mol. The largest absolute Gasteiger partial charge is 0.494 e. The molecule has 0 amide bonds. The molecule has 0 unspecified atom stereocenters. The Morgan fingerprint density at radius 1 is 1.14 bits per heavy atom. The summed E-state index contributed by atoms with van der Waals surface area (Å²) in [6.45, 7) is 0.388. The van der Waals surface area contributed by atoms with Crippen LogP contribution in [0.3, 0.4) is 0 Å². The van der Waals surface area contributed by atoms with E-state index >= 15 is 0 Å². The smallest absolute Gasteiger partial charge is 0.303 e. The maximum absolute atomic E-state index is 12.1. The summed E-state index contributed by atoms with van der Waals surface area (Å²) in [6.07, 6.45) is 1.28. The summed E-state index contributed by atoms with van der Waals surface area (Å²) in [5.41, 5.74) is 0. The van der Waals surface area contributed by atoms with E-state index in [2.05, 4.69) is 47.8 Å². The summed E-state index contributed by atoms with van der Waals surface area (Å²) in [7, 11) is -3.60. The van der Waals surface area contributed by atoms with Gasteiger partial charge in [-0.2, -0.15) is 0 Å². The van der Waals surface area contributed by atoms with Crippen molar-refractivity contribution in [3.63, 3.8) is 0 Å². The second-order valence-corrected chi connectivity index (χ2v) is 14.5. The number of carboxylic acid groups (broad SMARTS) is 1. The number of unbranched alkanes of at least 4 members (excludes halogenated alkanes) is 1. The van der Waals surface area contributed by atoms with Crippen molar-refractivity contribution in [2.45, 2.75) is 25.6 Å². The fourth-order valence-electron chi connectivity index (χ4n) is 1.42. The number of aliphatic carboxylic acids is 1. The molecule has 21 heavy (non-hydrogen) atoms. The number of ether oxygens (including phenoxy) is 1. The zero-order valence-corrected chi connectivity index (χ0v) is 16.3. The van der Waals surface area contributed by atoms with Crippen LogP contribution < -0.4 is 4.74 Å². The van der Waals surface area contributed by atoms with Gasteiger partial charge in [-0.05, 0) is 84.9 Å². The quantitative estimate of drug-likeness (QED) is 0.446. The second-order valence-electron chi connectivity index (χ2n) is 4.12. The Bertz CT molecular complexity index is 578. The molecule has 0 saturated carbocycles. The number of sulfone groups is 1. The number of rotatable bonds is 7. The lowest BCUT2D eigenvalue weighted by atomic mass is 10.2. The summed E-state index contributed by atoms with van der Waals surface area (Å²) in [5, 5.41) is 8.49. The number of alkyl halides is 3. The van der Waals surface area contributed by atoms with Gasteiger partial charge >= 0.3 is 5.97 Å². The highest BCUT2D eigenvalue weighted by atomic mass is 80.0. The predicted molar refractivity (Wildman–Crippen MR) is 90.1 cm³/mol. The van der Waals surface area contributed by atoms with Crippen molar-refractivity contribution in [3.8, 4) is 5.75 Å². The van der Waals surface area contributed by atoms with Crippen LogP contribution in [0, 0.1) is 0 Å². The van der Waals surface area contributed by atoms with Crippen LogP contribution in [0.25, 0.3) is 0 Å². The van der Waals surface area contributed by atoms with E-state index in [1.54, 1.807) is 12.1 Å². The van der Waals surface area contributed by atoms with E-state index in [0.29, 0.717) is 25.2 Å². The van der Waals surface area contributed by atoms with Gasteiger partial charge in [0.25, 0.3) is 0 Å². The molecule has 1 aromatic rings. The number of hydrogen-bond acceptors (Lipinski definition) is 4. The van der Waals surface area contributed by atoms with Gasteiger partial charge in [0.05, 0.1) is 11.5 Å². The Morgan fingerprint density at radius 2 is 1.71 bits per heavy atom. The second kappa shape index (κ2) is 7.94. The van der Waals surface area contributed by atoms with E-state index in [0.717, 1.165) is 0 Å². The Hall–Kier alpha value is -0.120. The first kappa shape index (κ1) is 18.9. The van der Waals surface area contributed by atoms with Crippen LogP contribution in [0.2, 0.25) is 0 Å². The first-order chi connectivity index (χ1) is 9.64. The summed E-state index contributed by atoms with van der Waals surface area (Å²) in [6, 6.07) is 6.01. The zero-order chi connectivity index (χ0) is 16.1. The highest BCUT2D eigenvalue weighted by Gasteiger charge is 2.37. The fraction of sp³-hybridized carbons (Fsp3) is 0.417. The van der Waals surface area contributed by atoms with Crippen molar-refractivity contribution in [2.24, 2.45) is 0 Å². The number of hydrogen-bond donors (Lipinski definition) is 1. The molecule has 0 aliphatic heterocycles. The van der Waals surface area contributed by atoms with Crippen molar-refractivity contribution >= 4 is 63.6 Å². The van der Waals surface area contributed by atoms with Gasteiger partial charge in [0, 0.05) is 6.42 Å². The van der Waals surface area contributed by atoms with Crippen molar-refractivity contribution in [2.75, 3.05) is 6.61 Å². The van der Waals surface area contributed by atoms with Crippen molar-refractivity contribution in [1.82, 2.24) is 0 Å². The van der Waals surface area contributed by atoms with Gasteiger partial charge in [-0.25, -0.2) is 8.42 Å². The van der Waals surface area contributed by atoms with E-state index in [-0.39, 0.29) is 11.3 Å². The lowest BCUT2D eigenvalue weighted by Crippen LogP contribution is -2.17. The monoisotopic (exact) mass is 506 g/mol. The fourth-order valence-corrected chi connectivity index (χ4v) is 3.86. The molecule has 9 heteroatoms. The number of benzene rings is 1. The van der Waals surface area contributed by atoms with E-state index in [1.165, 1.54) is 12.1 Å². The van der Waals surface area contributed by atoms with Crippen LogP contribution in [-0.2, 0) is 14.6 Å². The van der Waals surface area contributed by atoms with Gasteiger partial charge in [0.2, 0.25) is 11.3 Å². The summed E-state index contributed by atoms with van der Waals surface area (Å²) in [4.78, 5) is 10.5.